The molecule has 0 saturated carbocycles. The quantitative estimate of drug-likeness (QED) is 0.393. The number of hydrogen-bond acceptors (Lipinski definition) is 7. The second-order valence-electron chi connectivity index (χ2n) is 6.74. The fraction of sp³-hybridized carbons (Fsp3) is 0.250. The number of benzene rings is 2. The standard InChI is InChI=1S/C24H25NO6/c1-14(31-15(2)26)18-12-23(29-5)22(28-4)11-17(18)9-20-19-13-24(30-6)21(27-3)10-16(19)7-8-25-20/h7-8,10-13H,1,9H2,2-6H3. The summed E-state index contributed by atoms with van der Waals surface area (Å²) in [5, 5.41) is 1.88. The summed E-state index contributed by atoms with van der Waals surface area (Å²) < 4.78 is 27.0. The molecule has 0 bridgehead atoms. The fourth-order valence-electron chi connectivity index (χ4n) is 3.44. The van der Waals surface area contributed by atoms with E-state index in [0.717, 1.165) is 22.0 Å². The minimum Gasteiger partial charge on any atom is -0.493 e. The van der Waals surface area contributed by atoms with Crippen molar-refractivity contribution in [3.63, 3.8) is 0 Å². The zero-order chi connectivity index (χ0) is 22.5. The maximum Gasteiger partial charge on any atom is 0.308 e. The van der Waals surface area contributed by atoms with Crippen LogP contribution in [0, 0.1) is 0 Å². The highest BCUT2D eigenvalue weighted by atomic mass is 16.5. The number of aromatic nitrogens is 1. The zero-order valence-electron chi connectivity index (χ0n) is 18.3. The van der Waals surface area contributed by atoms with E-state index in [1.807, 2.05) is 24.3 Å². The predicted octanol–water partition coefficient (Wildman–Crippen LogP) is 4.39. The maximum absolute atomic E-state index is 11.5. The third-order valence-corrected chi connectivity index (χ3v) is 4.89. The van der Waals surface area contributed by atoms with Gasteiger partial charge in [0.05, 0.1) is 34.1 Å². The Morgan fingerprint density at radius 1 is 0.903 bits per heavy atom. The van der Waals surface area contributed by atoms with Gasteiger partial charge in [-0.05, 0) is 41.3 Å². The monoisotopic (exact) mass is 423 g/mol. The molecule has 31 heavy (non-hydrogen) atoms. The molecule has 0 N–H and O–H groups in total. The molecule has 0 aliphatic heterocycles. The van der Waals surface area contributed by atoms with Gasteiger partial charge in [0.15, 0.2) is 23.0 Å². The number of rotatable bonds is 8. The molecule has 0 spiro atoms. The molecule has 0 saturated heterocycles. The van der Waals surface area contributed by atoms with E-state index in [-0.39, 0.29) is 5.76 Å². The molecule has 3 rings (SSSR count). The van der Waals surface area contributed by atoms with Gasteiger partial charge < -0.3 is 23.7 Å². The predicted molar refractivity (Wildman–Crippen MR) is 118 cm³/mol. The number of methoxy groups -OCH3 is 4. The molecule has 1 heterocycles. The van der Waals surface area contributed by atoms with Crippen LogP contribution < -0.4 is 18.9 Å². The number of pyridine rings is 1. The lowest BCUT2D eigenvalue weighted by Crippen LogP contribution is -2.04. The third-order valence-electron chi connectivity index (χ3n) is 4.89. The first-order valence-corrected chi connectivity index (χ1v) is 9.54. The Kier molecular flexibility index (Phi) is 6.65. The summed E-state index contributed by atoms with van der Waals surface area (Å²) >= 11 is 0. The van der Waals surface area contributed by atoms with Gasteiger partial charge in [0.25, 0.3) is 0 Å². The molecule has 0 aliphatic carbocycles. The highest BCUT2D eigenvalue weighted by Crippen LogP contribution is 2.37. The SMILES string of the molecule is C=C(OC(C)=O)c1cc(OC)c(OC)cc1Cc1nccc2cc(OC)c(OC)cc12. The molecule has 0 radical (unpaired) electrons. The molecule has 162 valence electrons. The van der Waals surface area contributed by atoms with Crippen molar-refractivity contribution in [2.45, 2.75) is 13.3 Å². The minimum absolute atomic E-state index is 0.225. The molecule has 7 nitrogen and oxygen atoms in total. The first kappa shape index (κ1) is 22.0. The lowest BCUT2D eigenvalue weighted by molar-refractivity contribution is -0.134. The van der Waals surface area contributed by atoms with Gasteiger partial charge in [-0.2, -0.15) is 0 Å². The van der Waals surface area contributed by atoms with Crippen molar-refractivity contribution in [3.05, 3.63) is 59.9 Å². The van der Waals surface area contributed by atoms with Crippen molar-refractivity contribution in [2.24, 2.45) is 0 Å². The molecule has 7 heteroatoms. The Hall–Kier alpha value is -3.74. The summed E-state index contributed by atoms with van der Waals surface area (Å²) in [6, 6.07) is 9.30. The Bertz CT molecular complexity index is 1140. The largest absolute Gasteiger partial charge is 0.493 e. The van der Waals surface area contributed by atoms with E-state index in [0.29, 0.717) is 35.0 Å². The van der Waals surface area contributed by atoms with Crippen molar-refractivity contribution in [2.75, 3.05) is 28.4 Å². The Labute approximate surface area is 181 Å². The Morgan fingerprint density at radius 3 is 2.10 bits per heavy atom. The molecular formula is C24H25NO6. The Balaban J connectivity index is 2.16. The number of carbonyl (C=O) groups is 1. The molecule has 0 amide bonds. The summed E-state index contributed by atoms with van der Waals surface area (Å²) in [7, 11) is 6.30. The van der Waals surface area contributed by atoms with Gasteiger partial charge in [0.1, 0.15) is 5.76 Å². The van der Waals surface area contributed by atoms with E-state index in [4.69, 9.17) is 23.7 Å². The van der Waals surface area contributed by atoms with Gasteiger partial charge in [-0.3, -0.25) is 9.78 Å². The van der Waals surface area contributed by atoms with Crippen LogP contribution in [0.25, 0.3) is 16.5 Å². The van der Waals surface area contributed by atoms with Gasteiger partial charge in [0, 0.05) is 30.5 Å². The van der Waals surface area contributed by atoms with Gasteiger partial charge in [-0.1, -0.05) is 6.58 Å². The summed E-state index contributed by atoms with van der Waals surface area (Å²) in [4.78, 5) is 16.1. The lowest BCUT2D eigenvalue weighted by atomic mass is 9.97. The minimum atomic E-state index is -0.453. The van der Waals surface area contributed by atoms with Gasteiger partial charge >= 0.3 is 5.97 Å². The van der Waals surface area contributed by atoms with Crippen LogP contribution in [0.15, 0.2) is 43.1 Å². The first-order valence-electron chi connectivity index (χ1n) is 9.54. The van der Waals surface area contributed by atoms with Crippen molar-refractivity contribution in [1.82, 2.24) is 4.98 Å². The fourth-order valence-corrected chi connectivity index (χ4v) is 3.44. The van der Waals surface area contributed by atoms with Crippen molar-refractivity contribution >= 4 is 22.5 Å². The second-order valence-corrected chi connectivity index (χ2v) is 6.74. The van der Waals surface area contributed by atoms with Gasteiger partial charge in [0.2, 0.25) is 0 Å². The topological polar surface area (TPSA) is 76.1 Å². The van der Waals surface area contributed by atoms with E-state index in [1.54, 1.807) is 40.7 Å². The lowest BCUT2D eigenvalue weighted by Gasteiger charge is -2.17. The number of esters is 1. The molecule has 2 aromatic carbocycles. The number of ether oxygens (including phenoxy) is 5. The molecule has 1 aromatic heterocycles. The smallest absolute Gasteiger partial charge is 0.308 e. The number of hydrogen-bond donors (Lipinski definition) is 0. The number of fused-ring (bicyclic) bond motifs is 1. The van der Waals surface area contributed by atoms with Crippen LogP contribution >= 0.6 is 0 Å². The molecule has 0 unspecified atom stereocenters. The summed E-state index contributed by atoms with van der Waals surface area (Å²) in [6.07, 6.45) is 2.17. The molecule has 0 fully saturated rings. The van der Waals surface area contributed by atoms with Crippen molar-refractivity contribution < 1.29 is 28.5 Å². The third kappa shape index (κ3) is 4.55. The van der Waals surface area contributed by atoms with Crippen molar-refractivity contribution in [3.8, 4) is 23.0 Å². The molecule has 3 aromatic rings. The van der Waals surface area contributed by atoms with E-state index in [1.165, 1.54) is 6.92 Å². The van der Waals surface area contributed by atoms with Crippen LogP contribution in [0.2, 0.25) is 0 Å². The molecule has 0 aliphatic rings. The zero-order valence-corrected chi connectivity index (χ0v) is 18.3. The van der Waals surface area contributed by atoms with Crippen LogP contribution in [0.5, 0.6) is 23.0 Å². The van der Waals surface area contributed by atoms with Crippen LogP contribution in [-0.4, -0.2) is 39.4 Å². The average Bonchev–Trinajstić information content (AvgIpc) is 2.77. The Morgan fingerprint density at radius 2 is 1.48 bits per heavy atom. The maximum atomic E-state index is 11.5. The summed E-state index contributed by atoms with van der Waals surface area (Å²) in [6.45, 7) is 5.25. The molecular weight excluding hydrogens is 398 g/mol. The summed E-state index contributed by atoms with van der Waals surface area (Å²) in [5.41, 5.74) is 2.26. The van der Waals surface area contributed by atoms with Crippen molar-refractivity contribution in [1.29, 1.82) is 0 Å². The average molecular weight is 423 g/mol. The van der Waals surface area contributed by atoms with Gasteiger partial charge in [-0.25, -0.2) is 0 Å². The number of carbonyl (C=O) groups excluding carboxylic acids is 1. The van der Waals surface area contributed by atoms with Crippen LogP contribution in [0.1, 0.15) is 23.7 Å². The van der Waals surface area contributed by atoms with E-state index < -0.39 is 5.97 Å². The normalized spacial score (nSPS) is 10.5. The molecule has 0 atom stereocenters. The first-order chi connectivity index (χ1) is 14.9. The van der Waals surface area contributed by atoms with Crippen LogP contribution in [0.4, 0.5) is 0 Å². The highest BCUT2D eigenvalue weighted by molar-refractivity contribution is 5.88. The number of nitrogens with zero attached hydrogens (tertiary/aromatic N) is 1. The second kappa shape index (κ2) is 9.38. The van der Waals surface area contributed by atoms with E-state index in [2.05, 4.69) is 11.6 Å². The van der Waals surface area contributed by atoms with Crippen LogP contribution in [0.3, 0.4) is 0 Å². The summed E-state index contributed by atoms with van der Waals surface area (Å²) in [5.74, 6) is 2.08. The van der Waals surface area contributed by atoms with Crippen LogP contribution in [-0.2, 0) is 16.0 Å². The highest BCUT2D eigenvalue weighted by Gasteiger charge is 2.18. The van der Waals surface area contributed by atoms with E-state index >= 15 is 0 Å². The van der Waals surface area contributed by atoms with Gasteiger partial charge in [-0.15, -0.1) is 0 Å². The van der Waals surface area contributed by atoms with E-state index in [9.17, 15) is 4.79 Å².